The second-order valence-corrected chi connectivity index (χ2v) is 5.91. The van der Waals surface area contributed by atoms with E-state index in [1.165, 1.54) is 16.5 Å². The minimum absolute atomic E-state index is 0.591. The summed E-state index contributed by atoms with van der Waals surface area (Å²) in [5.74, 6) is 0. The highest BCUT2D eigenvalue weighted by Crippen LogP contribution is 2.18. The third-order valence-electron chi connectivity index (χ3n) is 3.78. The quantitative estimate of drug-likeness (QED) is 0.838. The van der Waals surface area contributed by atoms with Crippen molar-refractivity contribution < 1.29 is 0 Å². The van der Waals surface area contributed by atoms with Gasteiger partial charge >= 0.3 is 0 Å². The predicted octanol–water partition coefficient (Wildman–Crippen LogP) is 4.37. The van der Waals surface area contributed by atoms with Gasteiger partial charge < -0.3 is 5.32 Å². The zero-order valence-electron chi connectivity index (χ0n) is 13.1. The van der Waals surface area contributed by atoms with Gasteiger partial charge in [-0.15, -0.1) is 0 Å². The number of nitrogens with zero attached hydrogens (tertiary/aromatic N) is 1. The van der Waals surface area contributed by atoms with Crippen LogP contribution in [0, 0.1) is 0 Å². The lowest BCUT2D eigenvalue weighted by Crippen LogP contribution is -2.40. The van der Waals surface area contributed by atoms with E-state index in [1.54, 1.807) is 0 Å². The number of rotatable bonds is 6. The van der Waals surface area contributed by atoms with Crippen LogP contribution < -0.4 is 5.32 Å². The molecule has 0 aromatic heterocycles. The number of fused-ring (bicyclic) bond motifs is 1. The summed E-state index contributed by atoms with van der Waals surface area (Å²) in [5.41, 5.74) is 1.20. The van der Waals surface area contributed by atoms with Gasteiger partial charge in [0.15, 0.2) is 0 Å². The van der Waals surface area contributed by atoms with Crippen LogP contribution in [-0.4, -0.2) is 30.1 Å². The van der Waals surface area contributed by atoms with E-state index in [1.807, 2.05) is 0 Å². The fourth-order valence-electron chi connectivity index (χ4n) is 2.74. The van der Waals surface area contributed by atoms with Crippen LogP contribution in [0.3, 0.4) is 0 Å². The Morgan fingerprint density at radius 1 is 0.900 bits per heavy atom. The topological polar surface area (TPSA) is 15.3 Å². The van der Waals surface area contributed by atoms with Crippen molar-refractivity contribution in [2.45, 2.75) is 39.8 Å². The summed E-state index contributed by atoms with van der Waals surface area (Å²) in [4.78, 5) is 2.51. The van der Waals surface area contributed by atoms with Gasteiger partial charge in [0.2, 0.25) is 0 Å². The summed E-state index contributed by atoms with van der Waals surface area (Å²) in [5, 5.41) is 6.12. The minimum Gasteiger partial charge on any atom is -0.384 e. The molecule has 2 aromatic carbocycles. The summed E-state index contributed by atoms with van der Waals surface area (Å²) >= 11 is 0. The molecule has 2 heteroatoms. The lowest BCUT2D eigenvalue weighted by atomic mass is 10.1. The average Bonchev–Trinajstić information content (AvgIpc) is 2.42. The van der Waals surface area contributed by atoms with E-state index in [0.717, 1.165) is 13.1 Å². The van der Waals surface area contributed by atoms with Crippen molar-refractivity contribution in [3.05, 3.63) is 42.5 Å². The molecule has 0 bridgehead atoms. The molecular weight excluding hydrogens is 244 g/mol. The normalized spacial score (nSPS) is 11.8. The van der Waals surface area contributed by atoms with Gasteiger partial charge in [-0.25, -0.2) is 0 Å². The largest absolute Gasteiger partial charge is 0.384 e. The van der Waals surface area contributed by atoms with E-state index in [2.05, 4.69) is 80.4 Å². The molecule has 0 saturated heterocycles. The van der Waals surface area contributed by atoms with Crippen LogP contribution >= 0.6 is 0 Å². The Morgan fingerprint density at radius 2 is 1.55 bits per heavy atom. The summed E-state index contributed by atoms with van der Waals surface area (Å²) in [6.07, 6.45) is 0. The molecule has 0 heterocycles. The van der Waals surface area contributed by atoms with Crippen LogP contribution in [0.2, 0.25) is 0 Å². The van der Waals surface area contributed by atoms with E-state index in [9.17, 15) is 0 Å². The molecule has 2 aromatic rings. The highest BCUT2D eigenvalue weighted by molar-refractivity contribution is 5.85. The molecule has 2 nitrogen and oxygen atoms in total. The SMILES string of the molecule is CC(C)N(CCNc1ccc2ccccc2c1)C(C)C. The molecule has 0 unspecified atom stereocenters. The van der Waals surface area contributed by atoms with Crippen LogP contribution in [-0.2, 0) is 0 Å². The Bertz CT molecular complexity index is 538. The van der Waals surface area contributed by atoms with Crippen LogP contribution in [0.5, 0.6) is 0 Å². The molecule has 0 spiro atoms. The first-order valence-corrected chi connectivity index (χ1v) is 7.56. The molecule has 0 fully saturated rings. The zero-order valence-corrected chi connectivity index (χ0v) is 13.1. The Kier molecular flexibility index (Phi) is 5.02. The van der Waals surface area contributed by atoms with Crippen LogP contribution in [0.1, 0.15) is 27.7 Å². The second-order valence-electron chi connectivity index (χ2n) is 5.91. The maximum atomic E-state index is 3.54. The first kappa shape index (κ1) is 14.9. The van der Waals surface area contributed by atoms with Crippen molar-refractivity contribution in [3.8, 4) is 0 Å². The summed E-state index contributed by atoms with van der Waals surface area (Å²) < 4.78 is 0. The van der Waals surface area contributed by atoms with Crippen LogP contribution in [0.15, 0.2) is 42.5 Å². The standard InChI is InChI=1S/C18H26N2/c1-14(2)20(15(3)4)12-11-19-18-10-9-16-7-5-6-8-17(16)13-18/h5-10,13-15,19H,11-12H2,1-4H3. The Balaban J connectivity index is 1.95. The first-order chi connectivity index (χ1) is 9.58. The molecule has 0 aliphatic carbocycles. The maximum absolute atomic E-state index is 3.54. The average molecular weight is 270 g/mol. The summed E-state index contributed by atoms with van der Waals surface area (Å²) in [6, 6.07) is 16.2. The van der Waals surface area contributed by atoms with Crippen molar-refractivity contribution >= 4 is 16.5 Å². The number of hydrogen-bond acceptors (Lipinski definition) is 2. The molecule has 108 valence electrons. The van der Waals surface area contributed by atoms with Crippen molar-refractivity contribution in [1.29, 1.82) is 0 Å². The molecule has 0 aliphatic heterocycles. The lowest BCUT2D eigenvalue weighted by molar-refractivity contribution is 0.182. The van der Waals surface area contributed by atoms with Gasteiger partial charge in [0, 0.05) is 30.9 Å². The molecule has 0 atom stereocenters. The predicted molar refractivity (Wildman–Crippen MR) is 89.4 cm³/mol. The molecule has 0 aliphatic rings. The minimum atomic E-state index is 0.591. The van der Waals surface area contributed by atoms with E-state index < -0.39 is 0 Å². The molecule has 0 amide bonds. The Labute approximate surface area is 122 Å². The highest BCUT2D eigenvalue weighted by atomic mass is 15.2. The van der Waals surface area contributed by atoms with Gasteiger partial charge in [-0.05, 0) is 50.6 Å². The van der Waals surface area contributed by atoms with Gasteiger partial charge in [0.05, 0.1) is 0 Å². The molecule has 0 radical (unpaired) electrons. The van der Waals surface area contributed by atoms with E-state index in [0.29, 0.717) is 12.1 Å². The number of hydrogen-bond donors (Lipinski definition) is 1. The fraction of sp³-hybridized carbons (Fsp3) is 0.444. The van der Waals surface area contributed by atoms with Gasteiger partial charge in [0.1, 0.15) is 0 Å². The Morgan fingerprint density at radius 3 is 2.20 bits per heavy atom. The van der Waals surface area contributed by atoms with Crippen molar-refractivity contribution in [1.82, 2.24) is 4.90 Å². The molecule has 1 N–H and O–H groups in total. The maximum Gasteiger partial charge on any atom is 0.0347 e. The lowest BCUT2D eigenvalue weighted by Gasteiger charge is -2.30. The number of benzene rings is 2. The zero-order chi connectivity index (χ0) is 14.5. The van der Waals surface area contributed by atoms with E-state index >= 15 is 0 Å². The third-order valence-corrected chi connectivity index (χ3v) is 3.78. The monoisotopic (exact) mass is 270 g/mol. The Hall–Kier alpha value is -1.54. The summed E-state index contributed by atoms with van der Waals surface area (Å²) in [6.45, 7) is 11.1. The van der Waals surface area contributed by atoms with Crippen molar-refractivity contribution in [2.24, 2.45) is 0 Å². The van der Waals surface area contributed by atoms with Gasteiger partial charge in [-0.2, -0.15) is 0 Å². The van der Waals surface area contributed by atoms with Gasteiger partial charge in [0.25, 0.3) is 0 Å². The molecule has 0 saturated carbocycles. The molecular formula is C18H26N2. The van der Waals surface area contributed by atoms with E-state index in [4.69, 9.17) is 0 Å². The van der Waals surface area contributed by atoms with Crippen molar-refractivity contribution in [3.63, 3.8) is 0 Å². The van der Waals surface area contributed by atoms with Crippen LogP contribution in [0.4, 0.5) is 5.69 Å². The number of anilines is 1. The van der Waals surface area contributed by atoms with Crippen molar-refractivity contribution in [2.75, 3.05) is 18.4 Å². The molecule has 20 heavy (non-hydrogen) atoms. The molecule has 2 rings (SSSR count). The summed E-state index contributed by atoms with van der Waals surface area (Å²) in [7, 11) is 0. The fourth-order valence-corrected chi connectivity index (χ4v) is 2.74. The van der Waals surface area contributed by atoms with E-state index in [-0.39, 0.29) is 0 Å². The number of nitrogens with one attached hydrogen (secondary N) is 1. The smallest absolute Gasteiger partial charge is 0.0347 e. The third kappa shape index (κ3) is 3.73. The highest BCUT2D eigenvalue weighted by Gasteiger charge is 2.12. The van der Waals surface area contributed by atoms with Gasteiger partial charge in [-0.3, -0.25) is 4.90 Å². The van der Waals surface area contributed by atoms with Crippen LogP contribution in [0.25, 0.3) is 10.8 Å². The first-order valence-electron chi connectivity index (χ1n) is 7.56. The van der Waals surface area contributed by atoms with Gasteiger partial charge in [-0.1, -0.05) is 30.3 Å². The second kappa shape index (κ2) is 6.76.